The third kappa shape index (κ3) is 1.52. The summed E-state index contributed by atoms with van der Waals surface area (Å²) in [6.45, 7) is 5.59. The Hall–Kier alpha value is -2.12. The van der Waals surface area contributed by atoms with Crippen molar-refractivity contribution in [2.75, 3.05) is 0 Å². The van der Waals surface area contributed by atoms with Crippen LogP contribution in [0.3, 0.4) is 0 Å². The van der Waals surface area contributed by atoms with E-state index in [2.05, 4.69) is 0 Å². The number of allylic oxidation sites excluding steroid dienone is 2. The van der Waals surface area contributed by atoms with Gasteiger partial charge in [0.25, 0.3) is 0 Å². The van der Waals surface area contributed by atoms with Crippen LogP contribution in [0.2, 0.25) is 0 Å². The van der Waals surface area contributed by atoms with Gasteiger partial charge in [-0.2, -0.15) is 15.8 Å². The number of hydrogen-bond donors (Lipinski definition) is 1. The molecule has 0 unspecified atom stereocenters. The van der Waals surface area contributed by atoms with Crippen molar-refractivity contribution in [1.29, 1.82) is 21.2 Å². The number of rotatable bonds is 1. The van der Waals surface area contributed by atoms with Crippen molar-refractivity contribution in [2.24, 2.45) is 16.7 Å². The summed E-state index contributed by atoms with van der Waals surface area (Å²) >= 11 is 0. The first-order chi connectivity index (χ1) is 8.46. The van der Waals surface area contributed by atoms with E-state index in [1.54, 1.807) is 0 Å². The van der Waals surface area contributed by atoms with Crippen LogP contribution in [0.25, 0.3) is 0 Å². The maximum atomic E-state index is 9.41. The molecule has 0 spiro atoms. The molecular weight excluding hydrogens is 224 g/mol. The lowest BCUT2D eigenvalue weighted by atomic mass is 9.52. The molecule has 4 heteroatoms. The van der Waals surface area contributed by atoms with Crippen molar-refractivity contribution in [3.05, 3.63) is 11.6 Å². The van der Waals surface area contributed by atoms with E-state index in [1.807, 2.05) is 45.1 Å². The van der Waals surface area contributed by atoms with Gasteiger partial charge >= 0.3 is 0 Å². The molecule has 1 fully saturated rings. The van der Waals surface area contributed by atoms with Crippen LogP contribution in [-0.2, 0) is 0 Å². The van der Waals surface area contributed by atoms with Crippen molar-refractivity contribution in [3.63, 3.8) is 0 Å². The van der Waals surface area contributed by atoms with E-state index in [-0.39, 0.29) is 5.71 Å². The average molecular weight is 240 g/mol. The average Bonchev–Trinajstić information content (AvgIpc) is 2.39. The smallest absolute Gasteiger partial charge is 0.187 e. The summed E-state index contributed by atoms with van der Waals surface area (Å²) in [5.41, 5.74) is -1.33. The molecule has 1 N–H and O–H groups in total. The van der Waals surface area contributed by atoms with Gasteiger partial charge in [0.15, 0.2) is 5.41 Å². The van der Waals surface area contributed by atoms with Crippen molar-refractivity contribution >= 4 is 5.71 Å². The van der Waals surface area contributed by atoms with Crippen LogP contribution in [0.4, 0.5) is 0 Å². The van der Waals surface area contributed by atoms with Crippen LogP contribution < -0.4 is 0 Å². The lowest BCUT2D eigenvalue weighted by molar-refractivity contribution is 0.196. The fraction of sp³-hybridized carbons (Fsp3) is 0.571. The van der Waals surface area contributed by atoms with E-state index in [0.717, 1.165) is 5.57 Å². The molecule has 0 aromatic carbocycles. The van der Waals surface area contributed by atoms with Gasteiger partial charge in [0, 0.05) is 5.41 Å². The van der Waals surface area contributed by atoms with Crippen LogP contribution in [0.1, 0.15) is 33.6 Å². The minimum Gasteiger partial charge on any atom is -0.305 e. The highest BCUT2D eigenvalue weighted by molar-refractivity contribution is 6.00. The third-order valence-corrected chi connectivity index (χ3v) is 4.18. The minimum atomic E-state index is -1.49. The maximum absolute atomic E-state index is 9.41. The Bertz CT molecular complexity index is 509. The zero-order valence-corrected chi connectivity index (χ0v) is 10.9. The van der Waals surface area contributed by atoms with Crippen molar-refractivity contribution < 1.29 is 0 Å². The van der Waals surface area contributed by atoms with E-state index in [1.165, 1.54) is 0 Å². The molecule has 0 saturated heterocycles. The quantitative estimate of drug-likeness (QED) is 0.713. The molecule has 18 heavy (non-hydrogen) atoms. The predicted octanol–water partition coefficient (Wildman–Crippen LogP) is 2.95. The molecule has 1 aliphatic rings. The van der Waals surface area contributed by atoms with Crippen LogP contribution in [-0.4, -0.2) is 5.71 Å². The Kier molecular flexibility index (Phi) is 3.59. The van der Waals surface area contributed by atoms with Crippen molar-refractivity contribution in [2.45, 2.75) is 33.6 Å². The van der Waals surface area contributed by atoms with Gasteiger partial charge in [-0.25, -0.2) is 0 Å². The standard InChI is InChI=1S/C14H16N4/c1-4-10-6-13(3,5-2)14(8-16,9-17)12(18)11(10)7-15/h4,11,18H,5-6H2,1-3H3/b10-4+,18-12?/t11-,13+/m1/s1. The molecule has 92 valence electrons. The summed E-state index contributed by atoms with van der Waals surface area (Å²) in [6.07, 6.45) is 2.96. The number of nitrogens with zero attached hydrogens (tertiary/aromatic N) is 3. The summed E-state index contributed by atoms with van der Waals surface area (Å²) in [4.78, 5) is 0. The molecular formula is C14H16N4. The van der Waals surface area contributed by atoms with Gasteiger partial charge in [0.2, 0.25) is 0 Å². The first-order valence-electron chi connectivity index (χ1n) is 5.92. The lowest BCUT2D eigenvalue weighted by Crippen LogP contribution is -2.51. The number of hydrogen-bond acceptors (Lipinski definition) is 4. The van der Waals surface area contributed by atoms with Crippen LogP contribution in [0, 0.1) is 56.2 Å². The van der Waals surface area contributed by atoms with Crippen molar-refractivity contribution in [1.82, 2.24) is 0 Å². The predicted molar refractivity (Wildman–Crippen MR) is 67.3 cm³/mol. The van der Waals surface area contributed by atoms with Gasteiger partial charge < -0.3 is 5.41 Å². The summed E-state index contributed by atoms with van der Waals surface area (Å²) in [6, 6.07) is 6.05. The van der Waals surface area contributed by atoms with Gasteiger partial charge in [0.05, 0.1) is 23.9 Å². The molecule has 0 heterocycles. The highest BCUT2D eigenvalue weighted by Gasteiger charge is 2.57. The van der Waals surface area contributed by atoms with Gasteiger partial charge in [-0.15, -0.1) is 0 Å². The Morgan fingerprint density at radius 3 is 2.28 bits per heavy atom. The fourth-order valence-electron chi connectivity index (χ4n) is 2.63. The number of nitrogens with one attached hydrogen (secondary N) is 1. The fourth-order valence-corrected chi connectivity index (χ4v) is 2.63. The summed E-state index contributed by atoms with van der Waals surface area (Å²) < 4.78 is 0. The Balaban J connectivity index is 3.53. The Labute approximate surface area is 108 Å². The molecule has 4 nitrogen and oxygen atoms in total. The van der Waals surface area contributed by atoms with Crippen LogP contribution in [0.5, 0.6) is 0 Å². The zero-order valence-electron chi connectivity index (χ0n) is 10.9. The molecule has 0 radical (unpaired) electrons. The Morgan fingerprint density at radius 1 is 1.39 bits per heavy atom. The SMILES string of the molecule is C/C=C1\C[C@](C)(CC)C(C#N)(C#N)C(=N)[C@@H]1C#N. The third-order valence-electron chi connectivity index (χ3n) is 4.18. The van der Waals surface area contributed by atoms with Gasteiger partial charge in [0.1, 0.15) is 5.92 Å². The largest absolute Gasteiger partial charge is 0.305 e. The first kappa shape index (κ1) is 13.9. The van der Waals surface area contributed by atoms with E-state index in [9.17, 15) is 15.8 Å². The molecule has 1 aliphatic carbocycles. The molecule has 1 rings (SSSR count). The minimum absolute atomic E-state index is 0.0706. The molecule has 0 aromatic rings. The monoisotopic (exact) mass is 240 g/mol. The molecule has 0 aromatic heterocycles. The molecule has 2 atom stereocenters. The highest BCUT2D eigenvalue weighted by Crippen LogP contribution is 2.53. The molecule has 0 aliphatic heterocycles. The topological polar surface area (TPSA) is 95.2 Å². The Morgan fingerprint density at radius 2 is 1.94 bits per heavy atom. The van der Waals surface area contributed by atoms with Crippen LogP contribution >= 0.6 is 0 Å². The van der Waals surface area contributed by atoms with Crippen LogP contribution in [0.15, 0.2) is 11.6 Å². The highest BCUT2D eigenvalue weighted by atomic mass is 14.7. The van der Waals surface area contributed by atoms with Crippen molar-refractivity contribution in [3.8, 4) is 18.2 Å². The van der Waals surface area contributed by atoms with Gasteiger partial charge in [-0.05, 0) is 19.8 Å². The first-order valence-corrected chi connectivity index (χ1v) is 5.92. The zero-order chi connectivity index (χ0) is 14.0. The number of nitriles is 3. The second-order valence-corrected chi connectivity index (χ2v) is 4.90. The van der Waals surface area contributed by atoms with E-state index in [4.69, 9.17) is 5.41 Å². The molecule has 0 bridgehead atoms. The lowest BCUT2D eigenvalue weighted by Gasteiger charge is -2.45. The summed E-state index contributed by atoms with van der Waals surface area (Å²) in [5.74, 6) is -0.742. The van der Waals surface area contributed by atoms with E-state index in [0.29, 0.717) is 12.8 Å². The maximum Gasteiger partial charge on any atom is 0.187 e. The summed E-state index contributed by atoms with van der Waals surface area (Å²) in [7, 11) is 0. The summed E-state index contributed by atoms with van der Waals surface area (Å²) in [5, 5.41) is 36.1. The van der Waals surface area contributed by atoms with Gasteiger partial charge in [-0.3, -0.25) is 0 Å². The molecule has 0 amide bonds. The second kappa shape index (κ2) is 4.63. The van der Waals surface area contributed by atoms with E-state index >= 15 is 0 Å². The van der Waals surface area contributed by atoms with Gasteiger partial charge in [-0.1, -0.05) is 25.5 Å². The second-order valence-electron chi connectivity index (χ2n) is 4.90. The van der Waals surface area contributed by atoms with E-state index < -0.39 is 16.7 Å². The molecule has 1 saturated carbocycles. The normalized spacial score (nSPS) is 32.3.